The van der Waals surface area contributed by atoms with E-state index in [0.29, 0.717) is 18.2 Å². The fourth-order valence-corrected chi connectivity index (χ4v) is 2.18. The van der Waals surface area contributed by atoms with E-state index in [1.807, 2.05) is 0 Å². The van der Waals surface area contributed by atoms with E-state index >= 15 is 0 Å². The molecule has 1 saturated carbocycles. The average molecular weight is 313 g/mol. The Morgan fingerprint density at radius 2 is 2.14 bits per heavy atom. The highest BCUT2D eigenvalue weighted by Crippen LogP contribution is 2.32. The summed E-state index contributed by atoms with van der Waals surface area (Å²) < 4.78 is 5.01. The summed E-state index contributed by atoms with van der Waals surface area (Å²) in [4.78, 5) is 24.7. The van der Waals surface area contributed by atoms with Gasteiger partial charge in [0.1, 0.15) is 11.3 Å². The van der Waals surface area contributed by atoms with Gasteiger partial charge in [-0.15, -0.1) is 0 Å². The van der Waals surface area contributed by atoms with Crippen LogP contribution in [0.3, 0.4) is 0 Å². The molecule has 21 heavy (non-hydrogen) atoms. The van der Waals surface area contributed by atoms with Crippen molar-refractivity contribution in [2.45, 2.75) is 12.8 Å². The molecule has 0 radical (unpaired) electrons. The molecule has 0 unspecified atom stereocenters. The van der Waals surface area contributed by atoms with E-state index in [0.717, 1.165) is 12.8 Å². The lowest BCUT2D eigenvalue weighted by atomic mass is 10.2. The molecule has 0 aliphatic heterocycles. The van der Waals surface area contributed by atoms with Crippen molar-refractivity contribution < 1.29 is 19.4 Å². The largest absolute Gasteiger partial charge is 0.496 e. The van der Waals surface area contributed by atoms with E-state index in [9.17, 15) is 9.59 Å². The first-order chi connectivity index (χ1) is 9.92. The lowest BCUT2D eigenvalue weighted by Crippen LogP contribution is -2.33. The van der Waals surface area contributed by atoms with Gasteiger partial charge >= 0.3 is 12.0 Å². The quantitative estimate of drug-likeness (QED) is 0.876. The van der Waals surface area contributed by atoms with Crippen LogP contribution in [-0.2, 0) is 0 Å². The van der Waals surface area contributed by atoms with Crippen LogP contribution >= 0.6 is 11.6 Å². The highest BCUT2D eigenvalue weighted by molar-refractivity contribution is 6.34. The molecule has 2 amide bonds. The van der Waals surface area contributed by atoms with Crippen LogP contribution in [0.4, 0.5) is 10.5 Å². The van der Waals surface area contributed by atoms with E-state index in [4.69, 9.17) is 21.4 Å². The highest BCUT2D eigenvalue weighted by Gasteiger charge is 2.25. The van der Waals surface area contributed by atoms with Crippen LogP contribution in [0.15, 0.2) is 12.1 Å². The number of hydrogen-bond acceptors (Lipinski definition) is 3. The lowest BCUT2D eigenvalue weighted by Gasteiger charge is -2.18. The number of rotatable bonds is 5. The van der Waals surface area contributed by atoms with E-state index in [2.05, 4.69) is 5.32 Å². The molecule has 0 bridgehead atoms. The number of methoxy groups -OCH3 is 1. The summed E-state index contributed by atoms with van der Waals surface area (Å²) in [5.74, 6) is -0.412. The predicted octanol–water partition coefficient (Wildman–Crippen LogP) is 2.92. The molecule has 0 spiro atoms. The van der Waals surface area contributed by atoms with Gasteiger partial charge in [-0.05, 0) is 24.8 Å². The van der Waals surface area contributed by atoms with Crippen molar-refractivity contribution in [1.29, 1.82) is 0 Å². The molecule has 1 aliphatic carbocycles. The Hall–Kier alpha value is -1.95. The molecule has 0 atom stereocenters. The van der Waals surface area contributed by atoms with Crippen LogP contribution in [0.5, 0.6) is 5.75 Å². The number of urea groups is 1. The molecule has 0 heterocycles. The van der Waals surface area contributed by atoms with Crippen molar-refractivity contribution in [3.8, 4) is 5.75 Å². The number of halogens is 1. The normalized spacial score (nSPS) is 13.7. The Bertz CT molecular complexity index is 572. The second-order valence-corrected chi connectivity index (χ2v) is 5.50. The summed E-state index contributed by atoms with van der Waals surface area (Å²) in [6.07, 6.45) is 2.30. The number of benzene rings is 1. The van der Waals surface area contributed by atoms with Crippen LogP contribution in [0.1, 0.15) is 23.2 Å². The molecular weight excluding hydrogens is 296 g/mol. The Labute approximate surface area is 127 Å². The van der Waals surface area contributed by atoms with Gasteiger partial charge < -0.3 is 20.1 Å². The molecule has 2 rings (SSSR count). The van der Waals surface area contributed by atoms with E-state index < -0.39 is 5.97 Å². The molecule has 114 valence electrons. The lowest BCUT2D eigenvalue weighted by molar-refractivity contribution is 0.0693. The van der Waals surface area contributed by atoms with Crippen molar-refractivity contribution in [3.63, 3.8) is 0 Å². The van der Waals surface area contributed by atoms with Gasteiger partial charge in [-0.25, -0.2) is 9.59 Å². The molecule has 0 saturated heterocycles. The van der Waals surface area contributed by atoms with Crippen molar-refractivity contribution in [2.75, 3.05) is 26.0 Å². The fourth-order valence-electron chi connectivity index (χ4n) is 1.97. The zero-order chi connectivity index (χ0) is 15.6. The number of anilines is 1. The zero-order valence-electron chi connectivity index (χ0n) is 11.9. The Kier molecular flexibility index (Phi) is 4.57. The number of nitrogens with one attached hydrogen (secondary N) is 1. The maximum absolute atomic E-state index is 12.0. The smallest absolute Gasteiger partial charge is 0.339 e. The van der Waals surface area contributed by atoms with Gasteiger partial charge in [0.2, 0.25) is 0 Å². The number of carbonyl (C=O) groups is 2. The van der Waals surface area contributed by atoms with Crippen LogP contribution in [0.2, 0.25) is 5.02 Å². The summed E-state index contributed by atoms with van der Waals surface area (Å²) in [5, 5.41) is 11.9. The summed E-state index contributed by atoms with van der Waals surface area (Å²) in [5.41, 5.74) is 0.276. The number of ether oxygens (including phenoxy) is 1. The van der Waals surface area contributed by atoms with Gasteiger partial charge in [0, 0.05) is 19.7 Å². The van der Waals surface area contributed by atoms with Crippen molar-refractivity contribution in [3.05, 3.63) is 22.7 Å². The molecule has 7 heteroatoms. The first-order valence-corrected chi connectivity index (χ1v) is 6.93. The van der Waals surface area contributed by atoms with Crippen LogP contribution < -0.4 is 10.1 Å². The number of amides is 2. The van der Waals surface area contributed by atoms with Gasteiger partial charge in [-0.2, -0.15) is 0 Å². The summed E-state index contributed by atoms with van der Waals surface area (Å²) in [6, 6.07) is 2.39. The molecule has 6 nitrogen and oxygen atoms in total. The van der Waals surface area contributed by atoms with Gasteiger partial charge in [0.05, 0.1) is 17.8 Å². The van der Waals surface area contributed by atoms with Crippen LogP contribution in [0, 0.1) is 5.92 Å². The first kappa shape index (κ1) is 15.4. The molecule has 1 aromatic rings. The number of carboxylic acid groups (broad SMARTS) is 1. The predicted molar refractivity (Wildman–Crippen MR) is 79.3 cm³/mol. The summed E-state index contributed by atoms with van der Waals surface area (Å²) in [7, 11) is 3.07. The number of carboxylic acids is 1. The van der Waals surface area contributed by atoms with Gasteiger partial charge in [-0.1, -0.05) is 11.6 Å². The van der Waals surface area contributed by atoms with Crippen molar-refractivity contribution in [2.24, 2.45) is 5.92 Å². The third kappa shape index (κ3) is 3.78. The first-order valence-electron chi connectivity index (χ1n) is 6.55. The zero-order valence-corrected chi connectivity index (χ0v) is 12.6. The van der Waals surface area contributed by atoms with Gasteiger partial charge in [-0.3, -0.25) is 0 Å². The second-order valence-electron chi connectivity index (χ2n) is 5.09. The molecule has 1 aliphatic rings. The van der Waals surface area contributed by atoms with Gasteiger partial charge in [0.25, 0.3) is 0 Å². The average Bonchev–Trinajstić information content (AvgIpc) is 3.24. The monoisotopic (exact) mass is 312 g/mol. The second kappa shape index (κ2) is 6.22. The highest BCUT2D eigenvalue weighted by atomic mass is 35.5. The topological polar surface area (TPSA) is 78.9 Å². The Morgan fingerprint density at radius 1 is 1.48 bits per heavy atom. The van der Waals surface area contributed by atoms with Crippen LogP contribution in [0.25, 0.3) is 0 Å². The third-order valence-corrected chi connectivity index (χ3v) is 3.65. The molecule has 1 aromatic carbocycles. The fraction of sp³-hybridized carbons (Fsp3) is 0.429. The number of hydrogen-bond donors (Lipinski definition) is 2. The standard InChI is InChI=1S/C14H17ClN2O4/c1-17(7-8-3-4-8)14(20)16-11-6-12(21-2)9(13(18)19)5-10(11)15/h5-6,8H,3-4,7H2,1-2H3,(H,16,20)(H,18,19). The van der Waals surface area contributed by atoms with Gasteiger partial charge in [0.15, 0.2) is 0 Å². The van der Waals surface area contributed by atoms with Crippen molar-refractivity contribution >= 4 is 29.3 Å². The van der Waals surface area contributed by atoms with Crippen molar-refractivity contribution in [1.82, 2.24) is 4.90 Å². The van der Waals surface area contributed by atoms with E-state index in [-0.39, 0.29) is 22.4 Å². The third-order valence-electron chi connectivity index (χ3n) is 3.34. The molecule has 2 N–H and O–H groups in total. The summed E-state index contributed by atoms with van der Waals surface area (Å²) >= 11 is 6.02. The minimum absolute atomic E-state index is 0.0492. The maximum atomic E-state index is 12.0. The Balaban J connectivity index is 2.15. The number of aromatic carboxylic acids is 1. The molecule has 1 fully saturated rings. The SMILES string of the molecule is COc1cc(NC(=O)N(C)CC2CC2)c(Cl)cc1C(=O)O. The van der Waals surface area contributed by atoms with E-state index in [1.54, 1.807) is 11.9 Å². The number of nitrogens with zero attached hydrogens (tertiary/aromatic N) is 1. The van der Waals surface area contributed by atoms with Crippen LogP contribution in [-0.4, -0.2) is 42.7 Å². The minimum Gasteiger partial charge on any atom is -0.496 e. The summed E-state index contributed by atoms with van der Waals surface area (Å²) in [6.45, 7) is 0.702. The number of carbonyl (C=O) groups excluding carboxylic acids is 1. The Morgan fingerprint density at radius 3 is 2.67 bits per heavy atom. The van der Waals surface area contributed by atoms with E-state index in [1.165, 1.54) is 19.2 Å². The minimum atomic E-state index is -1.14. The molecular formula is C14H17ClN2O4. The molecule has 0 aromatic heterocycles. The maximum Gasteiger partial charge on any atom is 0.339 e.